The normalized spacial score (nSPS) is 31.6. The summed E-state index contributed by atoms with van der Waals surface area (Å²) in [6, 6.07) is 6.30. The van der Waals surface area contributed by atoms with Gasteiger partial charge in [0.1, 0.15) is 5.75 Å². The molecule has 0 radical (unpaired) electrons. The first-order valence-electron chi connectivity index (χ1n) is 6.78. The molecule has 3 heteroatoms. The van der Waals surface area contributed by atoms with Gasteiger partial charge in [0.25, 0.3) is 0 Å². The molecule has 0 aromatic heterocycles. The molecule has 0 amide bonds. The van der Waals surface area contributed by atoms with E-state index >= 15 is 0 Å². The maximum absolute atomic E-state index is 6.51. The first-order valence-corrected chi connectivity index (χ1v) is 7.57. The summed E-state index contributed by atoms with van der Waals surface area (Å²) in [6.07, 6.45) is 5.55. The molecular weight excluding hydrogens is 290 g/mol. The van der Waals surface area contributed by atoms with Crippen molar-refractivity contribution in [1.29, 1.82) is 0 Å². The van der Waals surface area contributed by atoms with Crippen LogP contribution in [0.2, 0.25) is 0 Å². The number of fused-ring (bicyclic) bond motifs is 2. The zero-order chi connectivity index (χ0) is 12.7. The Labute approximate surface area is 117 Å². The Kier molecular flexibility index (Phi) is 3.37. The fourth-order valence-electron chi connectivity index (χ4n) is 3.87. The summed E-state index contributed by atoms with van der Waals surface area (Å²) in [5.41, 5.74) is 7.74. The average molecular weight is 310 g/mol. The molecule has 1 aromatic carbocycles. The zero-order valence-corrected chi connectivity index (χ0v) is 12.3. The monoisotopic (exact) mass is 309 g/mol. The molecule has 98 valence electrons. The summed E-state index contributed by atoms with van der Waals surface area (Å²) in [5, 5.41) is 0. The predicted octanol–water partition coefficient (Wildman–Crippen LogP) is 3.89. The summed E-state index contributed by atoms with van der Waals surface area (Å²) in [5.74, 6) is 3.36. The van der Waals surface area contributed by atoms with Gasteiger partial charge in [-0.2, -0.15) is 0 Å². The summed E-state index contributed by atoms with van der Waals surface area (Å²) >= 11 is 3.63. The Balaban J connectivity index is 1.82. The summed E-state index contributed by atoms with van der Waals surface area (Å²) in [7, 11) is 1.69. The van der Waals surface area contributed by atoms with E-state index in [0.29, 0.717) is 5.92 Å². The lowest BCUT2D eigenvalue weighted by Gasteiger charge is -2.28. The van der Waals surface area contributed by atoms with E-state index in [1.807, 2.05) is 12.1 Å². The summed E-state index contributed by atoms with van der Waals surface area (Å²) in [4.78, 5) is 0. The van der Waals surface area contributed by atoms with Gasteiger partial charge in [0.15, 0.2) is 0 Å². The number of halogens is 1. The molecule has 0 spiro atoms. The molecule has 18 heavy (non-hydrogen) atoms. The third-order valence-electron chi connectivity index (χ3n) is 4.82. The largest absolute Gasteiger partial charge is 0.497 e. The lowest BCUT2D eigenvalue weighted by atomic mass is 9.81. The van der Waals surface area contributed by atoms with Crippen LogP contribution in [0.3, 0.4) is 0 Å². The zero-order valence-electron chi connectivity index (χ0n) is 10.7. The Hall–Kier alpha value is -0.540. The Morgan fingerprint density at radius 3 is 2.72 bits per heavy atom. The van der Waals surface area contributed by atoms with Gasteiger partial charge in [-0.1, -0.05) is 28.4 Å². The molecule has 0 aliphatic heterocycles. The maximum Gasteiger partial charge on any atom is 0.120 e. The van der Waals surface area contributed by atoms with Gasteiger partial charge in [-0.3, -0.25) is 0 Å². The van der Waals surface area contributed by atoms with E-state index < -0.39 is 0 Å². The van der Waals surface area contributed by atoms with E-state index in [1.165, 1.54) is 31.2 Å². The third kappa shape index (κ3) is 2.08. The number of rotatable bonds is 3. The van der Waals surface area contributed by atoms with Crippen molar-refractivity contribution in [2.45, 2.75) is 31.7 Å². The molecule has 2 nitrogen and oxygen atoms in total. The van der Waals surface area contributed by atoms with Crippen LogP contribution in [0.4, 0.5) is 0 Å². The van der Waals surface area contributed by atoms with Gasteiger partial charge in [-0.25, -0.2) is 0 Å². The van der Waals surface area contributed by atoms with E-state index in [1.54, 1.807) is 7.11 Å². The van der Waals surface area contributed by atoms with Crippen molar-refractivity contribution in [1.82, 2.24) is 0 Å². The van der Waals surface area contributed by atoms with Gasteiger partial charge < -0.3 is 10.5 Å². The van der Waals surface area contributed by atoms with E-state index in [4.69, 9.17) is 10.5 Å². The number of nitrogens with two attached hydrogens (primary N) is 1. The first kappa shape index (κ1) is 12.5. The molecule has 2 aliphatic carbocycles. The van der Waals surface area contributed by atoms with Crippen molar-refractivity contribution >= 4 is 15.9 Å². The molecule has 3 rings (SSSR count). The Bertz CT molecular complexity index is 448. The van der Waals surface area contributed by atoms with Gasteiger partial charge in [0, 0.05) is 10.5 Å². The molecule has 2 fully saturated rings. The van der Waals surface area contributed by atoms with Crippen molar-refractivity contribution in [2.75, 3.05) is 7.11 Å². The van der Waals surface area contributed by atoms with Gasteiger partial charge in [0.2, 0.25) is 0 Å². The highest BCUT2D eigenvalue weighted by Gasteiger charge is 2.42. The van der Waals surface area contributed by atoms with Crippen LogP contribution < -0.4 is 10.5 Å². The quantitative estimate of drug-likeness (QED) is 0.919. The summed E-state index contributed by atoms with van der Waals surface area (Å²) in [6.45, 7) is 0. The van der Waals surface area contributed by atoms with E-state index in [-0.39, 0.29) is 6.04 Å². The number of ether oxygens (including phenoxy) is 1. The van der Waals surface area contributed by atoms with Crippen LogP contribution in [-0.2, 0) is 0 Å². The van der Waals surface area contributed by atoms with Crippen LogP contribution in [0.15, 0.2) is 22.7 Å². The number of methoxy groups -OCH3 is 1. The van der Waals surface area contributed by atoms with E-state index in [0.717, 1.165) is 22.1 Å². The molecule has 2 aliphatic rings. The Morgan fingerprint density at radius 1 is 1.33 bits per heavy atom. The average Bonchev–Trinajstić information content (AvgIpc) is 3.00. The highest BCUT2D eigenvalue weighted by Crippen LogP contribution is 2.52. The van der Waals surface area contributed by atoms with E-state index in [9.17, 15) is 0 Å². The van der Waals surface area contributed by atoms with Crippen molar-refractivity contribution in [3.05, 3.63) is 28.2 Å². The lowest BCUT2D eigenvalue weighted by molar-refractivity contribution is 0.284. The molecule has 2 N–H and O–H groups in total. The second kappa shape index (κ2) is 4.86. The van der Waals surface area contributed by atoms with Crippen molar-refractivity contribution in [3.63, 3.8) is 0 Å². The van der Waals surface area contributed by atoms with E-state index in [2.05, 4.69) is 22.0 Å². The number of hydrogen-bond donors (Lipinski definition) is 1. The highest BCUT2D eigenvalue weighted by atomic mass is 79.9. The lowest BCUT2D eigenvalue weighted by Crippen LogP contribution is -2.26. The predicted molar refractivity (Wildman–Crippen MR) is 76.6 cm³/mol. The standard InChI is InChI=1S/C15H20BrNO/c1-18-11-4-5-12(14(16)8-11)15(17)13-7-9-2-3-10(13)6-9/h4-5,8-10,13,15H,2-3,6-7,17H2,1H3. The maximum atomic E-state index is 6.51. The molecule has 1 aromatic rings. The molecule has 2 saturated carbocycles. The highest BCUT2D eigenvalue weighted by molar-refractivity contribution is 9.10. The van der Waals surface area contributed by atoms with Crippen LogP contribution in [0, 0.1) is 17.8 Å². The topological polar surface area (TPSA) is 35.2 Å². The van der Waals surface area contributed by atoms with Crippen LogP contribution in [-0.4, -0.2) is 7.11 Å². The van der Waals surface area contributed by atoms with Crippen molar-refractivity contribution < 1.29 is 4.74 Å². The van der Waals surface area contributed by atoms with Crippen LogP contribution in [0.25, 0.3) is 0 Å². The minimum absolute atomic E-state index is 0.167. The van der Waals surface area contributed by atoms with Gasteiger partial charge >= 0.3 is 0 Å². The van der Waals surface area contributed by atoms with Gasteiger partial charge in [-0.05, 0) is 54.7 Å². The molecule has 4 unspecified atom stereocenters. The fourth-order valence-corrected chi connectivity index (χ4v) is 4.49. The SMILES string of the molecule is COc1ccc(C(N)C2CC3CCC2C3)c(Br)c1. The second-order valence-electron chi connectivity index (χ2n) is 5.75. The van der Waals surface area contributed by atoms with Crippen LogP contribution >= 0.6 is 15.9 Å². The fraction of sp³-hybridized carbons (Fsp3) is 0.600. The molecule has 2 bridgehead atoms. The Morgan fingerprint density at radius 2 is 2.17 bits per heavy atom. The molecule has 0 saturated heterocycles. The van der Waals surface area contributed by atoms with Gasteiger partial charge in [0.05, 0.1) is 7.11 Å². The molecular formula is C15H20BrNO. The minimum atomic E-state index is 0.167. The molecule has 4 atom stereocenters. The molecule has 0 heterocycles. The van der Waals surface area contributed by atoms with Crippen LogP contribution in [0.5, 0.6) is 5.75 Å². The first-order chi connectivity index (χ1) is 8.69. The number of hydrogen-bond acceptors (Lipinski definition) is 2. The van der Waals surface area contributed by atoms with Crippen LogP contribution in [0.1, 0.15) is 37.3 Å². The van der Waals surface area contributed by atoms with Crippen molar-refractivity contribution in [2.24, 2.45) is 23.5 Å². The van der Waals surface area contributed by atoms with Gasteiger partial charge in [-0.15, -0.1) is 0 Å². The second-order valence-corrected chi connectivity index (χ2v) is 6.61. The number of benzene rings is 1. The van der Waals surface area contributed by atoms with Crippen molar-refractivity contribution in [3.8, 4) is 5.75 Å². The third-order valence-corrected chi connectivity index (χ3v) is 5.51. The summed E-state index contributed by atoms with van der Waals surface area (Å²) < 4.78 is 6.31. The smallest absolute Gasteiger partial charge is 0.120 e. The minimum Gasteiger partial charge on any atom is -0.497 e.